The minimum atomic E-state index is -0.555. The van der Waals surface area contributed by atoms with Gasteiger partial charge in [0.15, 0.2) is 0 Å². The standard InChI is InChI=1S/C23H35N3O4/c1-22(2,3)29-20(27)25-14-8-7-9-18(25)16-10-13-19(24-15-16)26(17-11-12-17)21(28)30-23(4,5)6/h10,13,15,17-18H,7-9,11-12,14H2,1-6H3/t18-/m0/s1. The zero-order chi connectivity index (χ0) is 22.1. The zero-order valence-corrected chi connectivity index (χ0v) is 19.1. The lowest BCUT2D eigenvalue weighted by molar-refractivity contribution is 0.00947. The van der Waals surface area contributed by atoms with Gasteiger partial charge in [0.25, 0.3) is 0 Å². The highest BCUT2D eigenvalue weighted by molar-refractivity contribution is 5.88. The Kier molecular flexibility index (Phi) is 6.29. The van der Waals surface area contributed by atoms with Crippen molar-refractivity contribution in [3.63, 3.8) is 0 Å². The van der Waals surface area contributed by atoms with Crippen LogP contribution in [-0.2, 0) is 9.47 Å². The van der Waals surface area contributed by atoms with Gasteiger partial charge in [-0.1, -0.05) is 6.07 Å². The van der Waals surface area contributed by atoms with E-state index in [4.69, 9.17) is 9.47 Å². The van der Waals surface area contributed by atoms with Crippen molar-refractivity contribution in [2.45, 2.75) is 96.9 Å². The first-order valence-electron chi connectivity index (χ1n) is 10.9. The highest BCUT2D eigenvalue weighted by Gasteiger charge is 2.37. The first-order valence-corrected chi connectivity index (χ1v) is 10.9. The van der Waals surface area contributed by atoms with Crippen LogP contribution in [0.15, 0.2) is 18.3 Å². The molecule has 166 valence electrons. The minimum absolute atomic E-state index is 0.0638. The number of aromatic nitrogens is 1. The zero-order valence-electron chi connectivity index (χ0n) is 19.1. The molecule has 0 bridgehead atoms. The van der Waals surface area contributed by atoms with E-state index in [1.807, 2.05) is 53.7 Å². The maximum absolute atomic E-state index is 12.7. The second-order valence-electron chi connectivity index (χ2n) is 10.2. The first kappa shape index (κ1) is 22.4. The number of rotatable bonds is 3. The van der Waals surface area contributed by atoms with Gasteiger partial charge in [0.1, 0.15) is 17.0 Å². The van der Waals surface area contributed by atoms with Crippen LogP contribution in [0.2, 0.25) is 0 Å². The number of amides is 2. The molecular formula is C23H35N3O4. The SMILES string of the molecule is CC(C)(C)OC(=O)N(c1ccc([C@@H]2CCCCN2C(=O)OC(C)(C)C)cn1)C1CC1. The first-order chi connectivity index (χ1) is 13.9. The molecule has 7 heteroatoms. The van der Waals surface area contributed by atoms with Crippen molar-refractivity contribution >= 4 is 18.0 Å². The van der Waals surface area contributed by atoms with Crippen molar-refractivity contribution in [2.24, 2.45) is 0 Å². The van der Waals surface area contributed by atoms with Gasteiger partial charge in [0.05, 0.1) is 6.04 Å². The number of hydrogen-bond acceptors (Lipinski definition) is 5. The molecule has 0 radical (unpaired) electrons. The van der Waals surface area contributed by atoms with Crippen LogP contribution in [0.25, 0.3) is 0 Å². The van der Waals surface area contributed by atoms with Crippen LogP contribution in [0, 0.1) is 0 Å². The number of anilines is 1. The predicted molar refractivity (Wildman–Crippen MR) is 116 cm³/mol. The summed E-state index contributed by atoms with van der Waals surface area (Å²) >= 11 is 0. The highest BCUT2D eigenvalue weighted by Crippen LogP contribution is 2.35. The molecule has 1 atom stereocenters. The largest absolute Gasteiger partial charge is 0.444 e. The monoisotopic (exact) mass is 417 g/mol. The predicted octanol–water partition coefficient (Wildman–Crippen LogP) is 5.45. The number of carbonyl (C=O) groups is 2. The third-order valence-corrected chi connectivity index (χ3v) is 5.04. The molecule has 2 fully saturated rings. The lowest BCUT2D eigenvalue weighted by Crippen LogP contribution is -2.42. The smallest absolute Gasteiger partial charge is 0.416 e. The van der Waals surface area contributed by atoms with Crippen molar-refractivity contribution in [3.05, 3.63) is 23.9 Å². The Labute approximate surface area is 179 Å². The van der Waals surface area contributed by atoms with Gasteiger partial charge in [-0.05, 0) is 85.3 Å². The molecule has 1 saturated carbocycles. The molecule has 3 rings (SSSR count). The number of piperidine rings is 1. The fraction of sp³-hybridized carbons (Fsp3) is 0.696. The highest BCUT2D eigenvalue weighted by atomic mass is 16.6. The quantitative estimate of drug-likeness (QED) is 0.654. The Morgan fingerprint density at radius 3 is 2.20 bits per heavy atom. The molecule has 0 unspecified atom stereocenters. The van der Waals surface area contributed by atoms with Gasteiger partial charge in [-0.15, -0.1) is 0 Å². The summed E-state index contributed by atoms with van der Waals surface area (Å²) in [4.78, 5) is 33.4. The third kappa shape index (κ3) is 5.86. The third-order valence-electron chi connectivity index (χ3n) is 5.04. The van der Waals surface area contributed by atoms with E-state index in [0.717, 1.165) is 37.7 Å². The molecule has 2 heterocycles. The number of pyridine rings is 1. The maximum atomic E-state index is 12.7. The molecule has 1 saturated heterocycles. The Bertz CT molecular complexity index is 760. The second kappa shape index (κ2) is 8.44. The Hall–Kier alpha value is -2.31. The van der Waals surface area contributed by atoms with Crippen LogP contribution in [-0.4, -0.2) is 45.9 Å². The molecule has 0 N–H and O–H groups in total. The topological polar surface area (TPSA) is 72.0 Å². The molecule has 2 aliphatic rings. The Morgan fingerprint density at radius 2 is 1.67 bits per heavy atom. The summed E-state index contributed by atoms with van der Waals surface area (Å²) in [6.45, 7) is 11.9. The molecule has 1 aromatic rings. The average Bonchev–Trinajstić information content (AvgIpc) is 3.44. The molecule has 2 amide bonds. The van der Waals surface area contributed by atoms with Crippen molar-refractivity contribution in [2.75, 3.05) is 11.4 Å². The summed E-state index contributed by atoms with van der Waals surface area (Å²) in [5.74, 6) is 0.593. The van der Waals surface area contributed by atoms with Crippen molar-refractivity contribution in [3.8, 4) is 0 Å². The summed E-state index contributed by atoms with van der Waals surface area (Å²) in [7, 11) is 0. The number of likely N-dealkylation sites (tertiary alicyclic amines) is 1. The minimum Gasteiger partial charge on any atom is -0.444 e. The van der Waals surface area contributed by atoms with Gasteiger partial charge < -0.3 is 14.4 Å². The molecule has 1 aliphatic heterocycles. The van der Waals surface area contributed by atoms with E-state index >= 15 is 0 Å². The fourth-order valence-electron chi connectivity index (χ4n) is 3.63. The van der Waals surface area contributed by atoms with Gasteiger partial charge in [0.2, 0.25) is 0 Å². The van der Waals surface area contributed by atoms with E-state index < -0.39 is 11.2 Å². The van der Waals surface area contributed by atoms with Crippen molar-refractivity contribution in [1.29, 1.82) is 0 Å². The number of hydrogen-bond donors (Lipinski definition) is 0. The van der Waals surface area contributed by atoms with Gasteiger partial charge in [0, 0.05) is 18.8 Å². The number of ether oxygens (including phenoxy) is 2. The van der Waals surface area contributed by atoms with E-state index in [0.29, 0.717) is 12.4 Å². The molecule has 1 aliphatic carbocycles. The Morgan fingerprint density at radius 1 is 1.00 bits per heavy atom. The molecular weight excluding hydrogens is 382 g/mol. The van der Waals surface area contributed by atoms with Gasteiger partial charge in [-0.2, -0.15) is 0 Å². The molecule has 30 heavy (non-hydrogen) atoms. The van der Waals surface area contributed by atoms with Crippen LogP contribution in [0.1, 0.15) is 85.3 Å². The van der Waals surface area contributed by atoms with E-state index in [1.165, 1.54) is 0 Å². The van der Waals surface area contributed by atoms with E-state index in [-0.39, 0.29) is 24.3 Å². The van der Waals surface area contributed by atoms with Gasteiger partial charge >= 0.3 is 12.2 Å². The summed E-state index contributed by atoms with van der Waals surface area (Å²) in [6, 6.07) is 3.91. The maximum Gasteiger partial charge on any atom is 0.416 e. The van der Waals surface area contributed by atoms with Crippen LogP contribution >= 0.6 is 0 Å². The van der Waals surface area contributed by atoms with Crippen LogP contribution in [0.4, 0.5) is 15.4 Å². The normalized spacial score (nSPS) is 19.9. The lowest BCUT2D eigenvalue weighted by atomic mass is 9.97. The molecule has 1 aromatic heterocycles. The molecule has 0 spiro atoms. The summed E-state index contributed by atoms with van der Waals surface area (Å²) < 4.78 is 11.2. The van der Waals surface area contributed by atoms with E-state index in [2.05, 4.69) is 4.98 Å². The molecule has 0 aromatic carbocycles. The lowest BCUT2D eigenvalue weighted by Gasteiger charge is -2.37. The number of nitrogens with zero attached hydrogens (tertiary/aromatic N) is 3. The van der Waals surface area contributed by atoms with Gasteiger partial charge in [-0.25, -0.2) is 14.6 Å². The summed E-state index contributed by atoms with van der Waals surface area (Å²) in [6.07, 6.45) is 5.94. The fourth-order valence-corrected chi connectivity index (χ4v) is 3.63. The van der Waals surface area contributed by atoms with Crippen molar-refractivity contribution < 1.29 is 19.1 Å². The number of carbonyl (C=O) groups excluding carboxylic acids is 2. The van der Waals surface area contributed by atoms with Gasteiger partial charge in [-0.3, -0.25) is 4.90 Å². The molecule has 7 nitrogen and oxygen atoms in total. The Balaban J connectivity index is 1.77. The average molecular weight is 418 g/mol. The van der Waals surface area contributed by atoms with Crippen LogP contribution in [0.3, 0.4) is 0 Å². The van der Waals surface area contributed by atoms with Crippen LogP contribution in [0.5, 0.6) is 0 Å². The summed E-state index contributed by atoms with van der Waals surface area (Å²) in [5, 5.41) is 0. The summed E-state index contributed by atoms with van der Waals surface area (Å²) in [5.41, 5.74) is -0.122. The van der Waals surface area contributed by atoms with E-state index in [1.54, 1.807) is 16.0 Å². The van der Waals surface area contributed by atoms with E-state index in [9.17, 15) is 9.59 Å². The van der Waals surface area contributed by atoms with Crippen molar-refractivity contribution in [1.82, 2.24) is 9.88 Å². The second-order valence-corrected chi connectivity index (χ2v) is 10.2. The van der Waals surface area contributed by atoms with Crippen LogP contribution < -0.4 is 4.90 Å².